The standard InChI is InChI=1S/C12H15BrN4O2S/c1-15-12-10(20(2,18)19)11(14)17(16-12)7-8-4-3-5-9(13)6-8/h3-6H,7,14H2,1-2H3,(H,15,16). The largest absolute Gasteiger partial charge is 0.383 e. The van der Waals surface area contributed by atoms with Crippen molar-refractivity contribution in [3.05, 3.63) is 34.3 Å². The minimum absolute atomic E-state index is 0.0370. The number of nitrogens with two attached hydrogens (primary N) is 1. The third-order valence-electron chi connectivity index (χ3n) is 2.78. The first-order valence-corrected chi connectivity index (χ1v) is 8.50. The Morgan fingerprint density at radius 3 is 2.65 bits per heavy atom. The molecule has 108 valence electrons. The zero-order chi connectivity index (χ0) is 14.9. The molecule has 0 spiro atoms. The molecule has 0 amide bonds. The fourth-order valence-electron chi connectivity index (χ4n) is 1.92. The van der Waals surface area contributed by atoms with Gasteiger partial charge in [0, 0.05) is 17.8 Å². The van der Waals surface area contributed by atoms with Gasteiger partial charge in [-0.1, -0.05) is 28.1 Å². The van der Waals surface area contributed by atoms with Gasteiger partial charge in [-0.3, -0.25) is 0 Å². The molecule has 0 saturated carbocycles. The Morgan fingerprint density at radius 1 is 1.45 bits per heavy atom. The summed E-state index contributed by atoms with van der Waals surface area (Å²) in [6.07, 6.45) is 1.12. The Bertz CT molecular complexity index is 740. The number of rotatable bonds is 4. The van der Waals surface area contributed by atoms with E-state index in [4.69, 9.17) is 5.73 Å². The summed E-state index contributed by atoms with van der Waals surface area (Å²) in [6.45, 7) is 0.398. The minimum Gasteiger partial charge on any atom is -0.383 e. The van der Waals surface area contributed by atoms with Gasteiger partial charge in [0.2, 0.25) is 0 Å². The Balaban J connectivity index is 2.46. The van der Waals surface area contributed by atoms with E-state index in [0.29, 0.717) is 6.54 Å². The Kier molecular flexibility index (Phi) is 4.05. The van der Waals surface area contributed by atoms with Gasteiger partial charge in [0.1, 0.15) is 5.82 Å². The van der Waals surface area contributed by atoms with E-state index in [-0.39, 0.29) is 16.5 Å². The summed E-state index contributed by atoms with van der Waals surface area (Å²) < 4.78 is 26.0. The highest BCUT2D eigenvalue weighted by Gasteiger charge is 2.23. The van der Waals surface area contributed by atoms with Crippen LogP contribution in [0, 0.1) is 0 Å². The molecule has 2 rings (SSSR count). The first-order valence-electron chi connectivity index (χ1n) is 5.81. The number of nitrogens with one attached hydrogen (secondary N) is 1. The van der Waals surface area contributed by atoms with Crippen molar-refractivity contribution in [1.82, 2.24) is 9.78 Å². The predicted octanol–water partition coefficient (Wildman–Crippen LogP) is 1.72. The minimum atomic E-state index is -3.44. The van der Waals surface area contributed by atoms with Crippen molar-refractivity contribution in [1.29, 1.82) is 0 Å². The Morgan fingerprint density at radius 2 is 2.15 bits per heavy atom. The highest BCUT2D eigenvalue weighted by molar-refractivity contribution is 9.10. The lowest BCUT2D eigenvalue weighted by Gasteiger charge is -2.05. The third kappa shape index (κ3) is 2.96. The molecule has 2 aromatic rings. The molecular weight excluding hydrogens is 344 g/mol. The number of anilines is 2. The van der Waals surface area contributed by atoms with Gasteiger partial charge >= 0.3 is 0 Å². The topological polar surface area (TPSA) is 90.0 Å². The van der Waals surface area contributed by atoms with Crippen LogP contribution in [0.15, 0.2) is 33.6 Å². The summed E-state index contributed by atoms with van der Waals surface area (Å²) in [5, 5.41) is 6.97. The zero-order valence-electron chi connectivity index (χ0n) is 11.1. The lowest BCUT2D eigenvalue weighted by molar-refractivity contribution is 0.602. The fourth-order valence-corrected chi connectivity index (χ4v) is 3.34. The highest BCUT2D eigenvalue weighted by atomic mass is 79.9. The van der Waals surface area contributed by atoms with Crippen LogP contribution in [0.3, 0.4) is 0 Å². The van der Waals surface area contributed by atoms with E-state index in [1.54, 1.807) is 7.05 Å². The molecule has 0 unspecified atom stereocenters. The molecule has 0 fully saturated rings. The SMILES string of the molecule is CNc1nn(Cc2cccc(Br)c2)c(N)c1S(C)(=O)=O. The van der Waals surface area contributed by atoms with E-state index >= 15 is 0 Å². The molecule has 0 bridgehead atoms. The van der Waals surface area contributed by atoms with Crippen LogP contribution in [-0.2, 0) is 16.4 Å². The average molecular weight is 359 g/mol. The second-order valence-electron chi connectivity index (χ2n) is 4.37. The number of nitrogen functional groups attached to an aromatic ring is 1. The molecule has 0 atom stereocenters. The third-order valence-corrected chi connectivity index (χ3v) is 4.41. The maximum atomic E-state index is 11.8. The van der Waals surface area contributed by atoms with Crippen molar-refractivity contribution >= 4 is 37.4 Å². The number of nitrogens with zero attached hydrogens (tertiary/aromatic N) is 2. The summed E-state index contributed by atoms with van der Waals surface area (Å²) in [5.41, 5.74) is 6.89. The van der Waals surface area contributed by atoms with Gasteiger partial charge in [0.15, 0.2) is 20.6 Å². The molecule has 0 aliphatic rings. The van der Waals surface area contributed by atoms with Gasteiger partial charge in [-0.15, -0.1) is 0 Å². The van der Waals surface area contributed by atoms with Gasteiger partial charge in [-0.2, -0.15) is 5.10 Å². The molecule has 1 aromatic carbocycles. The molecule has 1 heterocycles. The summed E-state index contributed by atoms with van der Waals surface area (Å²) in [5.74, 6) is 0.400. The molecule has 1 aromatic heterocycles. The van der Waals surface area contributed by atoms with Crippen molar-refractivity contribution in [2.75, 3.05) is 24.4 Å². The van der Waals surface area contributed by atoms with Crippen LogP contribution < -0.4 is 11.1 Å². The van der Waals surface area contributed by atoms with Crippen LogP contribution >= 0.6 is 15.9 Å². The zero-order valence-corrected chi connectivity index (χ0v) is 13.5. The van der Waals surface area contributed by atoms with Gasteiger partial charge in [0.25, 0.3) is 0 Å². The second kappa shape index (κ2) is 5.45. The van der Waals surface area contributed by atoms with Gasteiger partial charge < -0.3 is 11.1 Å². The normalized spacial score (nSPS) is 11.6. The van der Waals surface area contributed by atoms with Gasteiger partial charge in [-0.25, -0.2) is 13.1 Å². The summed E-state index contributed by atoms with van der Waals surface area (Å²) in [7, 11) is -1.82. The van der Waals surface area contributed by atoms with Crippen LogP contribution in [0.4, 0.5) is 11.6 Å². The van der Waals surface area contributed by atoms with Crippen LogP contribution in [-0.4, -0.2) is 31.5 Å². The van der Waals surface area contributed by atoms with Crippen LogP contribution in [0.1, 0.15) is 5.56 Å². The smallest absolute Gasteiger partial charge is 0.182 e. The molecular formula is C12H15BrN4O2S. The summed E-state index contributed by atoms with van der Waals surface area (Å²) in [4.78, 5) is 0.0370. The number of aromatic nitrogens is 2. The first-order chi connectivity index (χ1) is 9.32. The predicted molar refractivity (Wildman–Crippen MR) is 82.5 cm³/mol. The van der Waals surface area contributed by atoms with Crippen LogP contribution in [0.5, 0.6) is 0 Å². The van der Waals surface area contributed by atoms with Crippen LogP contribution in [0.2, 0.25) is 0 Å². The highest BCUT2D eigenvalue weighted by Crippen LogP contribution is 2.27. The summed E-state index contributed by atoms with van der Waals surface area (Å²) >= 11 is 3.39. The number of hydrogen-bond acceptors (Lipinski definition) is 5. The van der Waals surface area contributed by atoms with Crippen molar-refractivity contribution in [2.24, 2.45) is 0 Å². The Hall–Kier alpha value is -1.54. The van der Waals surface area contributed by atoms with Crippen molar-refractivity contribution in [3.63, 3.8) is 0 Å². The Labute approximate surface area is 126 Å². The molecule has 0 radical (unpaired) electrons. The van der Waals surface area contributed by atoms with Crippen LogP contribution in [0.25, 0.3) is 0 Å². The number of halogens is 1. The molecule has 20 heavy (non-hydrogen) atoms. The van der Waals surface area contributed by atoms with Gasteiger partial charge in [-0.05, 0) is 17.7 Å². The van der Waals surface area contributed by atoms with Crippen molar-refractivity contribution in [2.45, 2.75) is 11.4 Å². The van der Waals surface area contributed by atoms with E-state index < -0.39 is 9.84 Å². The molecule has 0 aliphatic carbocycles. The van der Waals surface area contributed by atoms with E-state index in [1.165, 1.54) is 4.68 Å². The number of hydrogen-bond donors (Lipinski definition) is 2. The second-order valence-corrected chi connectivity index (χ2v) is 7.24. The van der Waals surface area contributed by atoms with Crippen molar-refractivity contribution < 1.29 is 8.42 Å². The molecule has 0 saturated heterocycles. The lowest BCUT2D eigenvalue weighted by atomic mass is 10.2. The van der Waals surface area contributed by atoms with E-state index in [9.17, 15) is 8.42 Å². The average Bonchev–Trinajstić information content (AvgIpc) is 2.66. The van der Waals surface area contributed by atoms with E-state index in [2.05, 4.69) is 26.3 Å². The number of sulfone groups is 1. The maximum Gasteiger partial charge on any atom is 0.182 e. The number of benzene rings is 1. The van der Waals surface area contributed by atoms with Gasteiger partial charge in [0.05, 0.1) is 6.54 Å². The van der Waals surface area contributed by atoms with Crippen molar-refractivity contribution in [3.8, 4) is 0 Å². The molecule has 6 nitrogen and oxygen atoms in total. The van der Waals surface area contributed by atoms with E-state index in [1.807, 2.05) is 24.3 Å². The summed E-state index contributed by atoms with van der Waals surface area (Å²) in [6, 6.07) is 7.66. The molecule has 3 N–H and O–H groups in total. The molecule has 0 aliphatic heterocycles. The monoisotopic (exact) mass is 358 g/mol. The van der Waals surface area contributed by atoms with E-state index in [0.717, 1.165) is 16.3 Å². The lowest BCUT2D eigenvalue weighted by Crippen LogP contribution is -2.08. The molecule has 8 heteroatoms. The first kappa shape index (κ1) is 14.9. The fraction of sp³-hybridized carbons (Fsp3) is 0.250. The quantitative estimate of drug-likeness (QED) is 0.868. The maximum absolute atomic E-state index is 11.8.